The first-order valence-corrected chi connectivity index (χ1v) is 14.0. The molecule has 0 aliphatic heterocycles. The van der Waals surface area contributed by atoms with E-state index in [0.29, 0.717) is 11.1 Å². The van der Waals surface area contributed by atoms with Gasteiger partial charge in [0, 0.05) is 36.6 Å². The minimum absolute atomic E-state index is 0.0758. The van der Waals surface area contributed by atoms with E-state index in [1.54, 1.807) is 48.5 Å². The zero-order chi connectivity index (χ0) is 32.5. The predicted octanol–water partition coefficient (Wildman–Crippen LogP) is 6.54. The number of hydrogen-bond donors (Lipinski definition) is 4. The second-order valence-corrected chi connectivity index (χ2v) is 10.6. The molecule has 2 unspecified atom stereocenters. The van der Waals surface area contributed by atoms with Crippen molar-refractivity contribution >= 4 is 45.4 Å². The monoisotopic (exact) mass is 612 g/mol. The summed E-state index contributed by atoms with van der Waals surface area (Å²) in [4.78, 5) is 59.9. The number of carboxylic acids is 4. The molecule has 0 aliphatic rings. The van der Waals surface area contributed by atoms with Crippen LogP contribution in [0.15, 0.2) is 110 Å². The van der Waals surface area contributed by atoms with Crippen LogP contribution in [-0.2, 0) is 0 Å². The molecule has 0 bridgehead atoms. The Kier molecular flexibility index (Phi) is 7.69. The lowest BCUT2D eigenvalue weighted by atomic mass is 9.70. The third kappa shape index (κ3) is 5.07. The Hall–Kier alpha value is -6.42. The van der Waals surface area contributed by atoms with Gasteiger partial charge in [-0.05, 0) is 68.1 Å². The van der Waals surface area contributed by atoms with E-state index in [0.717, 1.165) is 0 Å². The standard InChI is InChI=1S/C36H24N2O8/c39-33(40)25-15-27(31(35(43)44)23-11-3-1-9-21(23)25)29(19-7-5-13-37-17-19)30(20-8-6-14-38-18-20)28-16-26(34(41)42)22-10-2-4-12-24(22)32(28)36(45)46/h1-18,29-30H,(H,39,40)(H,41,42)(H,43,44)(H,45,46). The predicted molar refractivity (Wildman–Crippen MR) is 168 cm³/mol. The summed E-state index contributed by atoms with van der Waals surface area (Å²) in [6, 6.07) is 21.7. The van der Waals surface area contributed by atoms with E-state index >= 15 is 0 Å². The Bertz CT molecular complexity index is 2030. The van der Waals surface area contributed by atoms with E-state index in [2.05, 4.69) is 9.97 Å². The number of aromatic nitrogens is 2. The van der Waals surface area contributed by atoms with Crippen molar-refractivity contribution in [1.82, 2.24) is 9.97 Å². The molecule has 6 aromatic rings. The van der Waals surface area contributed by atoms with Crippen molar-refractivity contribution in [3.8, 4) is 0 Å². The van der Waals surface area contributed by atoms with Gasteiger partial charge in [-0.3, -0.25) is 9.97 Å². The van der Waals surface area contributed by atoms with Crippen LogP contribution in [-0.4, -0.2) is 54.3 Å². The molecule has 0 aliphatic carbocycles. The van der Waals surface area contributed by atoms with Gasteiger partial charge in [-0.15, -0.1) is 0 Å². The quantitative estimate of drug-likeness (QED) is 0.140. The Morgan fingerprint density at radius 1 is 0.478 bits per heavy atom. The molecule has 0 spiro atoms. The van der Waals surface area contributed by atoms with Gasteiger partial charge in [-0.2, -0.15) is 0 Å². The van der Waals surface area contributed by atoms with Crippen LogP contribution in [0.2, 0.25) is 0 Å². The SMILES string of the molecule is O=C(O)c1cc(C(c2cccnc2)C(c2cccnc2)c2cc(C(=O)O)c3ccccc3c2C(=O)O)c(C(=O)O)c2ccccc12. The third-order valence-electron chi connectivity index (χ3n) is 8.13. The van der Waals surface area contributed by atoms with Crippen molar-refractivity contribution in [3.63, 3.8) is 0 Å². The fraction of sp³-hybridized carbons (Fsp3) is 0.0556. The Labute approximate surface area is 260 Å². The summed E-state index contributed by atoms with van der Waals surface area (Å²) in [5, 5.41) is 42.7. The van der Waals surface area contributed by atoms with Crippen LogP contribution in [0.3, 0.4) is 0 Å². The summed E-state index contributed by atoms with van der Waals surface area (Å²) in [6.07, 6.45) is 6.02. The number of fused-ring (bicyclic) bond motifs is 2. The molecule has 2 heterocycles. The average Bonchev–Trinajstić information content (AvgIpc) is 3.06. The smallest absolute Gasteiger partial charge is 0.336 e. The second-order valence-electron chi connectivity index (χ2n) is 10.6. The van der Waals surface area contributed by atoms with Crippen molar-refractivity contribution in [2.45, 2.75) is 11.8 Å². The summed E-state index contributed by atoms with van der Waals surface area (Å²) in [5.74, 6) is -7.39. The third-order valence-corrected chi connectivity index (χ3v) is 8.13. The van der Waals surface area contributed by atoms with Crippen molar-refractivity contribution in [2.75, 3.05) is 0 Å². The minimum Gasteiger partial charge on any atom is -0.478 e. The van der Waals surface area contributed by atoms with Crippen LogP contribution in [0.4, 0.5) is 0 Å². The van der Waals surface area contributed by atoms with Gasteiger partial charge in [-0.25, -0.2) is 19.2 Å². The summed E-state index contributed by atoms with van der Waals surface area (Å²) in [6.45, 7) is 0. The normalized spacial score (nSPS) is 12.4. The maximum atomic E-state index is 13.1. The van der Waals surface area contributed by atoms with E-state index in [4.69, 9.17) is 0 Å². The summed E-state index contributed by atoms with van der Waals surface area (Å²) < 4.78 is 0. The first kappa shape index (κ1) is 29.6. The highest BCUT2D eigenvalue weighted by molar-refractivity contribution is 6.14. The molecule has 0 amide bonds. The number of carboxylic acid groups (broad SMARTS) is 4. The van der Waals surface area contributed by atoms with E-state index < -0.39 is 35.7 Å². The molecular formula is C36H24N2O8. The number of hydrogen-bond acceptors (Lipinski definition) is 6. The zero-order valence-electron chi connectivity index (χ0n) is 23.9. The van der Waals surface area contributed by atoms with Crippen LogP contribution < -0.4 is 0 Å². The number of rotatable bonds is 9. The van der Waals surface area contributed by atoms with E-state index in [1.165, 1.54) is 61.2 Å². The molecule has 10 heteroatoms. The Balaban J connectivity index is 1.83. The lowest BCUT2D eigenvalue weighted by Gasteiger charge is -2.32. The van der Waals surface area contributed by atoms with Gasteiger partial charge in [0.1, 0.15) is 0 Å². The lowest BCUT2D eigenvalue weighted by molar-refractivity contribution is 0.0682. The van der Waals surface area contributed by atoms with Crippen LogP contribution in [0.5, 0.6) is 0 Å². The molecule has 4 aromatic carbocycles. The fourth-order valence-electron chi connectivity index (χ4n) is 6.34. The number of aromatic carboxylic acids is 4. The van der Waals surface area contributed by atoms with Crippen LogP contribution in [0, 0.1) is 0 Å². The van der Waals surface area contributed by atoms with E-state index in [9.17, 15) is 39.6 Å². The van der Waals surface area contributed by atoms with E-state index in [1.807, 2.05) is 0 Å². The van der Waals surface area contributed by atoms with Gasteiger partial charge in [-0.1, -0.05) is 60.7 Å². The van der Waals surface area contributed by atoms with Crippen LogP contribution in [0.25, 0.3) is 21.5 Å². The van der Waals surface area contributed by atoms with Gasteiger partial charge < -0.3 is 20.4 Å². The fourth-order valence-corrected chi connectivity index (χ4v) is 6.34. The highest BCUT2D eigenvalue weighted by Crippen LogP contribution is 2.48. The molecule has 0 fully saturated rings. The number of pyridine rings is 2. The van der Waals surface area contributed by atoms with Gasteiger partial charge in [0.15, 0.2) is 0 Å². The molecule has 2 aromatic heterocycles. The highest BCUT2D eigenvalue weighted by atomic mass is 16.4. The number of carbonyl (C=O) groups is 4. The maximum Gasteiger partial charge on any atom is 0.336 e. The minimum atomic E-state index is -1.33. The molecule has 2 atom stereocenters. The largest absolute Gasteiger partial charge is 0.478 e. The summed E-state index contributed by atoms with van der Waals surface area (Å²) >= 11 is 0. The van der Waals surface area contributed by atoms with Gasteiger partial charge in [0.25, 0.3) is 0 Å². The summed E-state index contributed by atoms with van der Waals surface area (Å²) in [7, 11) is 0. The molecule has 46 heavy (non-hydrogen) atoms. The molecule has 4 N–H and O–H groups in total. The van der Waals surface area contributed by atoms with Gasteiger partial charge in [0.05, 0.1) is 22.3 Å². The number of benzene rings is 4. The topological polar surface area (TPSA) is 175 Å². The Morgan fingerprint density at radius 3 is 1.15 bits per heavy atom. The molecule has 0 radical (unpaired) electrons. The van der Waals surface area contributed by atoms with Crippen molar-refractivity contribution in [2.24, 2.45) is 0 Å². The molecule has 6 rings (SSSR count). The van der Waals surface area contributed by atoms with Gasteiger partial charge in [0.2, 0.25) is 0 Å². The molecular weight excluding hydrogens is 588 g/mol. The second kappa shape index (κ2) is 11.9. The lowest BCUT2D eigenvalue weighted by Crippen LogP contribution is -2.22. The maximum absolute atomic E-state index is 13.1. The molecule has 10 nitrogen and oxygen atoms in total. The summed E-state index contributed by atoms with van der Waals surface area (Å²) in [5.41, 5.74) is 0.353. The van der Waals surface area contributed by atoms with Crippen LogP contribution in [0.1, 0.15) is 75.5 Å². The number of nitrogens with zero attached hydrogens (tertiary/aromatic N) is 2. The average molecular weight is 613 g/mol. The first-order chi connectivity index (χ1) is 22.2. The molecule has 0 saturated heterocycles. The Morgan fingerprint density at radius 2 is 0.848 bits per heavy atom. The zero-order valence-corrected chi connectivity index (χ0v) is 23.9. The van der Waals surface area contributed by atoms with Crippen molar-refractivity contribution in [3.05, 3.63) is 154 Å². The van der Waals surface area contributed by atoms with E-state index in [-0.39, 0.29) is 54.9 Å². The van der Waals surface area contributed by atoms with Crippen molar-refractivity contribution in [1.29, 1.82) is 0 Å². The first-order valence-electron chi connectivity index (χ1n) is 14.0. The van der Waals surface area contributed by atoms with Crippen LogP contribution >= 0.6 is 0 Å². The molecule has 226 valence electrons. The van der Waals surface area contributed by atoms with Gasteiger partial charge >= 0.3 is 23.9 Å². The van der Waals surface area contributed by atoms with Crippen molar-refractivity contribution < 1.29 is 39.6 Å². The molecule has 0 saturated carbocycles. The highest BCUT2D eigenvalue weighted by Gasteiger charge is 2.37.